The Balaban J connectivity index is 1.67. The van der Waals surface area contributed by atoms with Crippen molar-refractivity contribution >= 4 is 39.3 Å². The van der Waals surface area contributed by atoms with Crippen LogP contribution in [0.1, 0.15) is 33.6 Å². The third kappa shape index (κ3) is 6.46. The van der Waals surface area contributed by atoms with Crippen molar-refractivity contribution in [3.8, 4) is 11.1 Å². The molecule has 1 aliphatic heterocycles. The van der Waals surface area contributed by atoms with Crippen molar-refractivity contribution in [2.45, 2.75) is 44.1 Å². The quantitative estimate of drug-likeness (QED) is 0.660. The van der Waals surface area contributed by atoms with Crippen LogP contribution < -0.4 is 10.5 Å². The smallest absolute Gasteiger partial charge is 0.410 e. The molecule has 1 heterocycles. The molecule has 2 aromatic carbocycles. The predicted octanol–water partition coefficient (Wildman–Crippen LogP) is 4.24. The largest absolute Gasteiger partial charge is 0.444 e. The van der Waals surface area contributed by atoms with Crippen LogP contribution >= 0.6 is 11.6 Å². The maximum atomic E-state index is 12.8. The lowest BCUT2D eigenvalue weighted by atomic mass is 9.96. The second-order valence-electron chi connectivity index (χ2n) is 8.97. The summed E-state index contributed by atoms with van der Waals surface area (Å²) in [5.41, 5.74) is 1.13. The van der Waals surface area contributed by atoms with Gasteiger partial charge in [-0.15, -0.1) is 0 Å². The number of halogens is 1. The highest BCUT2D eigenvalue weighted by Gasteiger charge is 2.30. The second kappa shape index (κ2) is 9.70. The van der Waals surface area contributed by atoms with E-state index in [4.69, 9.17) is 21.5 Å². The molecule has 3 N–H and O–H groups in total. The fourth-order valence-corrected chi connectivity index (χ4v) is 4.80. The number of carbonyl (C=O) groups excluding carboxylic acids is 2. The van der Waals surface area contributed by atoms with Gasteiger partial charge in [0.1, 0.15) is 10.5 Å². The van der Waals surface area contributed by atoms with E-state index in [2.05, 4.69) is 5.32 Å². The monoisotopic (exact) mass is 493 g/mol. The summed E-state index contributed by atoms with van der Waals surface area (Å²) in [5, 5.41) is 8.17. The number of likely N-dealkylation sites (tertiary alicyclic amines) is 1. The Kier molecular flexibility index (Phi) is 7.36. The van der Waals surface area contributed by atoms with Crippen LogP contribution in [0.5, 0.6) is 0 Å². The van der Waals surface area contributed by atoms with Gasteiger partial charge in [0.2, 0.25) is 15.9 Å². The minimum atomic E-state index is -3.97. The highest BCUT2D eigenvalue weighted by atomic mass is 35.5. The summed E-state index contributed by atoms with van der Waals surface area (Å²) in [6.07, 6.45) is 0.702. The Hall–Kier alpha value is -2.62. The summed E-state index contributed by atoms with van der Waals surface area (Å²) in [6, 6.07) is 11.6. The molecule has 1 saturated heterocycles. The van der Waals surface area contributed by atoms with Gasteiger partial charge < -0.3 is 15.0 Å². The molecule has 0 aliphatic carbocycles. The third-order valence-corrected chi connectivity index (χ3v) is 6.70. The Labute approximate surface area is 199 Å². The molecule has 1 aliphatic rings. The Bertz CT molecular complexity index is 1150. The summed E-state index contributed by atoms with van der Waals surface area (Å²) >= 11 is 6.30. The van der Waals surface area contributed by atoms with Gasteiger partial charge in [0.05, 0.1) is 5.02 Å². The maximum absolute atomic E-state index is 12.8. The number of nitrogens with two attached hydrogens (primary N) is 1. The van der Waals surface area contributed by atoms with Gasteiger partial charge in [0.15, 0.2) is 0 Å². The van der Waals surface area contributed by atoms with E-state index in [1.807, 2.05) is 20.8 Å². The summed E-state index contributed by atoms with van der Waals surface area (Å²) in [5.74, 6) is -0.373. The number of hydrogen-bond acceptors (Lipinski definition) is 5. The first kappa shape index (κ1) is 25.0. The molecule has 2 amide bonds. The Morgan fingerprint density at radius 2 is 1.76 bits per heavy atom. The van der Waals surface area contributed by atoms with Crippen molar-refractivity contribution in [2.24, 2.45) is 11.1 Å². The van der Waals surface area contributed by atoms with Crippen LogP contribution in [0.2, 0.25) is 5.02 Å². The molecule has 0 saturated carbocycles. The average Bonchev–Trinajstić information content (AvgIpc) is 2.72. The lowest BCUT2D eigenvalue weighted by molar-refractivity contribution is -0.121. The minimum absolute atomic E-state index is 0.0259. The molecule has 10 heteroatoms. The van der Waals surface area contributed by atoms with Crippen molar-refractivity contribution in [3.05, 3.63) is 47.5 Å². The number of nitrogens with one attached hydrogen (secondary N) is 1. The van der Waals surface area contributed by atoms with Crippen molar-refractivity contribution < 1.29 is 22.7 Å². The van der Waals surface area contributed by atoms with Crippen LogP contribution in [0.4, 0.5) is 10.5 Å². The Morgan fingerprint density at radius 3 is 2.36 bits per heavy atom. The molecule has 3 rings (SSSR count). The predicted molar refractivity (Wildman–Crippen MR) is 127 cm³/mol. The van der Waals surface area contributed by atoms with E-state index in [1.165, 1.54) is 6.07 Å². The lowest BCUT2D eigenvalue weighted by Gasteiger charge is -2.32. The van der Waals surface area contributed by atoms with Crippen LogP contribution in [0.15, 0.2) is 47.4 Å². The number of hydrogen-bond donors (Lipinski definition) is 2. The number of anilines is 1. The average molecular weight is 494 g/mol. The molecular formula is C23H28ClN3O5S. The number of amides is 2. The molecule has 2 aromatic rings. The molecule has 0 spiro atoms. The first-order valence-corrected chi connectivity index (χ1v) is 12.5. The van der Waals surface area contributed by atoms with Crippen molar-refractivity contribution in [3.63, 3.8) is 0 Å². The molecule has 33 heavy (non-hydrogen) atoms. The first-order valence-electron chi connectivity index (χ1n) is 10.6. The molecule has 0 aromatic heterocycles. The van der Waals surface area contributed by atoms with Crippen LogP contribution in [0, 0.1) is 5.92 Å². The number of piperidine rings is 1. The third-order valence-electron chi connectivity index (χ3n) is 5.23. The number of nitrogens with zero attached hydrogens (tertiary/aromatic N) is 1. The van der Waals surface area contributed by atoms with Gasteiger partial charge in [-0.1, -0.05) is 35.9 Å². The van der Waals surface area contributed by atoms with Gasteiger partial charge in [-0.2, -0.15) is 0 Å². The number of primary sulfonamides is 1. The minimum Gasteiger partial charge on any atom is -0.444 e. The summed E-state index contributed by atoms with van der Waals surface area (Å²) < 4.78 is 28.9. The van der Waals surface area contributed by atoms with Gasteiger partial charge in [0.25, 0.3) is 0 Å². The van der Waals surface area contributed by atoms with Crippen LogP contribution in [0.25, 0.3) is 11.1 Å². The zero-order valence-corrected chi connectivity index (χ0v) is 20.4. The number of rotatable bonds is 4. The molecule has 8 nitrogen and oxygen atoms in total. The lowest BCUT2D eigenvalue weighted by Crippen LogP contribution is -2.43. The molecule has 178 valence electrons. The van der Waals surface area contributed by atoms with Gasteiger partial charge in [-0.25, -0.2) is 18.4 Å². The molecule has 1 fully saturated rings. The molecule has 0 bridgehead atoms. The zero-order valence-electron chi connectivity index (χ0n) is 18.8. The van der Waals surface area contributed by atoms with Gasteiger partial charge in [0, 0.05) is 30.3 Å². The molecule has 0 atom stereocenters. The van der Waals surface area contributed by atoms with E-state index in [0.29, 0.717) is 42.7 Å². The van der Waals surface area contributed by atoms with Crippen molar-refractivity contribution in [1.82, 2.24) is 4.90 Å². The van der Waals surface area contributed by atoms with E-state index in [0.717, 1.165) is 0 Å². The van der Waals surface area contributed by atoms with E-state index < -0.39 is 15.6 Å². The van der Waals surface area contributed by atoms with Crippen LogP contribution in [-0.2, 0) is 19.6 Å². The number of benzene rings is 2. The summed E-state index contributed by atoms with van der Waals surface area (Å²) in [4.78, 5) is 26.5. The van der Waals surface area contributed by atoms with E-state index in [-0.39, 0.29) is 27.8 Å². The molecule has 0 unspecified atom stereocenters. The fourth-order valence-electron chi connectivity index (χ4n) is 3.61. The number of sulfonamides is 1. The molecule has 0 radical (unpaired) electrons. The zero-order chi connectivity index (χ0) is 24.4. The van der Waals surface area contributed by atoms with E-state index in [1.54, 1.807) is 41.3 Å². The summed E-state index contributed by atoms with van der Waals surface area (Å²) in [6.45, 7) is 6.35. The molecular weight excluding hydrogens is 466 g/mol. The fraction of sp³-hybridized carbons (Fsp3) is 0.391. The number of ether oxygens (including phenoxy) is 1. The van der Waals surface area contributed by atoms with Crippen molar-refractivity contribution in [1.29, 1.82) is 0 Å². The van der Waals surface area contributed by atoms with Crippen molar-refractivity contribution in [2.75, 3.05) is 18.4 Å². The van der Waals surface area contributed by atoms with Crippen LogP contribution in [0.3, 0.4) is 0 Å². The standard InChI is InChI=1S/C23H28ClN3O5S/c1-23(2,3)32-22(29)27-12-10-15(11-13-27)21(28)26-17-7-4-6-16(14-17)18-8-5-9-19(20(18)24)33(25,30)31/h4-9,14-15H,10-13H2,1-3H3,(H,26,28)(H2,25,30,31). The van der Waals surface area contributed by atoms with E-state index in [9.17, 15) is 18.0 Å². The Morgan fingerprint density at radius 1 is 1.12 bits per heavy atom. The summed E-state index contributed by atoms with van der Waals surface area (Å²) in [7, 11) is -3.97. The highest BCUT2D eigenvalue weighted by molar-refractivity contribution is 7.89. The normalized spacial score (nSPS) is 15.2. The highest BCUT2D eigenvalue weighted by Crippen LogP contribution is 2.34. The number of carbonyl (C=O) groups is 2. The van der Waals surface area contributed by atoms with Gasteiger partial charge in [-0.3, -0.25) is 4.79 Å². The van der Waals surface area contributed by atoms with Crippen LogP contribution in [-0.4, -0.2) is 44.0 Å². The SMILES string of the molecule is CC(C)(C)OC(=O)N1CCC(C(=O)Nc2cccc(-c3cccc(S(N)(=O)=O)c3Cl)c2)CC1. The topological polar surface area (TPSA) is 119 Å². The van der Waals surface area contributed by atoms with Gasteiger partial charge in [-0.05, 0) is 57.4 Å². The maximum Gasteiger partial charge on any atom is 0.410 e. The van der Waals surface area contributed by atoms with E-state index >= 15 is 0 Å². The first-order chi connectivity index (χ1) is 15.3. The second-order valence-corrected chi connectivity index (χ2v) is 10.9. The van der Waals surface area contributed by atoms with Gasteiger partial charge >= 0.3 is 6.09 Å².